The molecule has 2 fully saturated rings. The van der Waals surface area contributed by atoms with E-state index in [1.807, 2.05) is 0 Å². The van der Waals surface area contributed by atoms with Crippen LogP contribution in [-0.2, 0) is 4.79 Å². The zero-order valence-electron chi connectivity index (χ0n) is 6.72. The number of alkyl halides is 2. The Balaban J connectivity index is 1.75. The fraction of sp³-hybridized carbons (Fsp3) is 0.875. The monoisotopic (exact) mass is 175 g/mol. The standard InChI is InChI=1S/C8H11F2NO/c9-8(10)4-11(5-8)7(12)3-6-1-2-6/h6H,1-5H2. The molecule has 0 aromatic carbocycles. The Morgan fingerprint density at radius 2 is 2.00 bits per heavy atom. The van der Waals surface area contributed by atoms with Crippen molar-refractivity contribution in [3.05, 3.63) is 0 Å². The number of hydrogen-bond donors (Lipinski definition) is 0. The summed E-state index contributed by atoms with van der Waals surface area (Å²) in [6.45, 7) is -0.725. The van der Waals surface area contributed by atoms with E-state index in [-0.39, 0.29) is 19.0 Å². The maximum Gasteiger partial charge on any atom is 0.282 e. The summed E-state index contributed by atoms with van der Waals surface area (Å²) in [4.78, 5) is 12.4. The fourth-order valence-electron chi connectivity index (χ4n) is 1.39. The van der Waals surface area contributed by atoms with Gasteiger partial charge in [0, 0.05) is 6.42 Å². The largest absolute Gasteiger partial charge is 0.330 e. The second-order valence-electron chi connectivity index (χ2n) is 3.75. The lowest BCUT2D eigenvalue weighted by atomic mass is 10.1. The molecule has 2 aliphatic rings. The van der Waals surface area contributed by atoms with Crippen LogP contribution in [-0.4, -0.2) is 29.8 Å². The van der Waals surface area contributed by atoms with Gasteiger partial charge >= 0.3 is 0 Å². The molecule has 1 amide bonds. The maximum absolute atomic E-state index is 12.3. The van der Waals surface area contributed by atoms with Crippen LogP contribution in [0.25, 0.3) is 0 Å². The van der Waals surface area contributed by atoms with E-state index in [0.29, 0.717) is 12.3 Å². The molecule has 2 nitrogen and oxygen atoms in total. The van der Waals surface area contributed by atoms with Crippen LogP contribution in [0.2, 0.25) is 0 Å². The van der Waals surface area contributed by atoms with Gasteiger partial charge in [0.1, 0.15) is 0 Å². The van der Waals surface area contributed by atoms with Gasteiger partial charge in [0.2, 0.25) is 5.91 Å². The highest BCUT2D eigenvalue weighted by Gasteiger charge is 2.46. The van der Waals surface area contributed by atoms with E-state index >= 15 is 0 Å². The van der Waals surface area contributed by atoms with Crippen LogP contribution in [0.1, 0.15) is 19.3 Å². The van der Waals surface area contributed by atoms with Gasteiger partial charge in [-0.25, -0.2) is 8.78 Å². The Bertz CT molecular complexity index is 205. The van der Waals surface area contributed by atoms with Crippen molar-refractivity contribution in [2.24, 2.45) is 5.92 Å². The van der Waals surface area contributed by atoms with Crippen LogP contribution >= 0.6 is 0 Å². The Morgan fingerprint density at radius 1 is 1.42 bits per heavy atom. The first-order chi connectivity index (χ1) is 5.57. The Kier molecular flexibility index (Phi) is 1.59. The molecular weight excluding hydrogens is 164 g/mol. The SMILES string of the molecule is O=C(CC1CC1)N1CC(F)(F)C1. The van der Waals surface area contributed by atoms with E-state index in [0.717, 1.165) is 12.8 Å². The van der Waals surface area contributed by atoms with E-state index in [2.05, 4.69) is 0 Å². The van der Waals surface area contributed by atoms with E-state index in [1.54, 1.807) is 0 Å². The van der Waals surface area contributed by atoms with Crippen molar-refractivity contribution in [1.29, 1.82) is 0 Å². The van der Waals surface area contributed by atoms with Gasteiger partial charge in [-0.15, -0.1) is 0 Å². The van der Waals surface area contributed by atoms with Crippen LogP contribution in [0.3, 0.4) is 0 Å². The van der Waals surface area contributed by atoms with Crippen molar-refractivity contribution < 1.29 is 13.6 Å². The van der Waals surface area contributed by atoms with Crippen molar-refractivity contribution in [1.82, 2.24) is 4.90 Å². The van der Waals surface area contributed by atoms with Crippen molar-refractivity contribution in [3.63, 3.8) is 0 Å². The molecule has 1 aliphatic heterocycles. The molecule has 0 aromatic heterocycles. The molecule has 1 heterocycles. The third-order valence-corrected chi connectivity index (χ3v) is 2.36. The maximum atomic E-state index is 12.3. The van der Waals surface area contributed by atoms with Crippen molar-refractivity contribution in [2.45, 2.75) is 25.2 Å². The topological polar surface area (TPSA) is 20.3 Å². The second kappa shape index (κ2) is 2.41. The molecule has 1 saturated heterocycles. The average Bonchev–Trinajstić information content (AvgIpc) is 2.66. The van der Waals surface area contributed by atoms with Crippen molar-refractivity contribution >= 4 is 5.91 Å². The Labute approximate surface area is 69.5 Å². The number of carbonyl (C=O) groups is 1. The minimum atomic E-state index is -2.61. The van der Waals surface area contributed by atoms with E-state index in [9.17, 15) is 13.6 Å². The number of halogens is 2. The van der Waals surface area contributed by atoms with Gasteiger partial charge in [-0.1, -0.05) is 0 Å². The molecule has 1 saturated carbocycles. The van der Waals surface area contributed by atoms with E-state index < -0.39 is 5.92 Å². The smallest absolute Gasteiger partial charge is 0.282 e. The number of carbonyl (C=O) groups excluding carboxylic acids is 1. The van der Waals surface area contributed by atoms with Gasteiger partial charge in [0.25, 0.3) is 5.92 Å². The van der Waals surface area contributed by atoms with Gasteiger partial charge in [0.05, 0.1) is 13.1 Å². The molecule has 0 radical (unpaired) electrons. The molecule has 0 bridgehead atoms. The lowest BCUT2D eigenvalue weighted by molar-refractivity contribution is -0.166. The van der Waals surface area contributed by atoms with Gasteiger partial charge in [-0.05, 0) is 18.8 Å². The minimum absolute atomic E-state index is 0.0941. The van der Waals surface area contributed by atoms with Crippen LogP contribution in [0.5, 0.6) is 0 Å². The predicted octanol–water partition coefficient (Wildman–Crippen LogP) is 1.26. The summed E-state index contributed by atoms with van der Waals surface area (Å²) in [5.74, 6) is -2.21. The van der Waals surface area contributed by atoms with Crippen LogP contribution in [0.4, 0.5) is 8.78 Å². The van der Waals surface area contributed by atoms with Gasteiger partial charge in [-0.3, -0.25) is 4.79 Å². The Hall–Kier alpha value is -0.670. The highest BCUT2D eigenvalue weighted by atomic mass is 19.3. The normalized spacial score (nSPS) is 26.7. The zero-order chi connectivity index (χ0) is 8.77. The lowest BCUT2D eigenvalue weighted by Gasteiger charge is -2.38. The highest BCUT2D eigenvalue weighted by Crippen LogP contribution is 2.35. The molecule has 0 spiro atoms. The van der Waals surface area contributed by atoms with Crippen molar-refractivity contribution in [3.8, 4) is 0 Å². The van der Waals surface area contributed by atoms with Crippen LogP contribution in [0, 0.1) is 5.92 Å². The van der Waals surface area contributed by atoms with E-state index in [1.165, 1.54) is 4.90 Å². The van der Waals surface area contributed by atoms with Gasteiger partial charge in [-0.2, -0.15) is 0 Å². The second-order valence-corrected chi connectivity index (χ2v) is 3.75. The first kappa shape index (κ1) is 7.95. The first-order valence-corrected chi connectivity index (χ1v) is 4.22. The lowest BCUT2D eigenvalue weighted by Crippen LogP contribution is -2.58. The Morgan fingerprint density at radius 3 is 2.42 bits per heavy atom. The summed E-state index contributed by atoms with van der Waals surface area (Å²) in [5.41, 5.74) is 0. The molecule has 0 atom stereocenters. The van der Waals surface area contributed by atoms with Gasteiger partial charge < -0.3 is 4.90 Å². The molecule has 0 aromatic rings. The third-order valence-electron chi connectivity index (χ3n) is 2.36. The molecule has 1 aliphatic carbocycles. The number of nitrogens with zero attached hydrogens (tertiary/aromatic N) is 1. The van der Waals surface area contributed by atoms with Crippen LogP contribution in [0.15, 0.2) is 0 Å². The molecule has 4 heteroatoms. The van der Waals surface area contributed by atoms with Crippen molar-refractivity contribution in [2.75, 3.05) is 13.1 Å². The molecule has 2 rings (SSSR count). The summed E-state index contributed by atoms with van der Waals surface area (Å²) in [5, 5.41) is 0. The highest BCUT2D eigenvalue weighted by molar-refractivity contribution is 5.77. The molecular formula is C8H11F2NO. The van der Waals surface area contributed by atoms with E-state index in [4.69, 9.17) is 0 Å². The summed E-state index contributed by atoms with van der Waals surface area (Å²) in [6, 6.07) is 0. The first-order valence-electron chi connectivity index (χ1n) is 4.22. The number of amides is 1. The number of likely N-dealkylation sites (tertiary alicyclic amines) is 1. The summed E-state index contributed by atoms with van der Waals surface area (Å²) in [7, 11) is 0. The predicted molar refractivity (Wildman–Crippen MR) is 38.9 cm³/mol. The summed E-state index contributed by atoms with van der Waals surface area (Å²) >= 11 is 0. The zero-order valence-corrected chi connectivity index (χ0v) is 6.72. The quantitative estimate of drug-likeness (QED) is 0.618. The molecule has 12 heavy (non-hydrogen) atoms. The summed E-state index contributed by atoms with van der Waals surface area (Å²) in [6.07, 6.45) is 2.67. The minimum Gasteiger partial charge on any atom is -0.330 e. The summed E-state index contributed by atoms with van der Waals surface area (Å²) < 4.78 is 24.6. The average molecular weight is 175 g/mol. The van der Waals surface area contributed by atoms with Crippen LogP contribution < -0.4 is 0 Å². The number of hydrogen-bond acceptors (Lipinski definition) is 1. The molecule has 68 valence electrons. The fourth-order valence-corrected chi connectivity index (χ4v) is 1.39. The van der Waals surface area contributed by atoms with Gasteiger partial charge in [0.15, 0.2) is 0 Å². The number of rotatable bonds is 2. The molecule has 0 unspecified atom stereocenters. The molecule has 0 N–H and O–H groups in total. The third kappa shape index (κ3) is 1.57.